The highest BCUT2D eigenvalue weighted by Crippen LogP contribution is 2.15. The van der Waals surface area contributed by atoms with Gasteiger partial charge in [-0.25, -0.2) is 4.39 Å². The van der Waals surface area contributed by atoms with E-state index in [0.29, 0.717) is 18.3 Å². The van der Waals surface area contributed by atoms with Crippen LogP contribution in [0.2, 0.25) is 0 Å². The van der Waals surface area contributed by atoms with Gasteiger partial charge in [0.1, 0.15) is 0 Å². The van der Waals surface area contributed by atoms with Crippen molar-refractivity contribution in [1.29, 1.82) is 0 Å². The Morgan fingerprint density at radius 3 is 2.75 bits per heavy atom. The molecule has 0 amide bonds. The van der Waals surface area contributed by atoms with Crippen molar-refractivity contribution in [1.82, 2.24) is 5.32 Å². The van der Waals surface area contributed by atoms with E-state index in [0.717, 1.165) is 19.5 Å². The van der Waals surface area contributed by atoms with E-state index in [1.165, 1.54) is 6.07 Å². The number of hydrogen-bond acceptors (Lipinski definition) is 2. The quantitative estimate of drug-likeness (QED) is 0.720. The van der Waals surface area contributed by atoms with Crippen LogP contribution >= 0.6 is 0 Å². The van der Waals surface area contributed by atoms with Gasteiger partial charge in [0.25, 0.3) is 0 Å². The fourth-order valence-corrected chi connectivity index (χ4v) is 1.33. The molecule has 0 saturated heterocycles. The largest absolute Gasteiger partial charge is 0.490 e. The maximum absolute atomic E-state index is 13.1. The molecule has 1 rings (SSSR count). The molecular formula is C13H20FNO. The van der Waals surface area contributed by atoms with Gasteiger partial charge in [-0.3, -0.25) is 0 Å². The van der Waals surface area contributed by atoms with E-state index < -0.39 is 0 Å². The molecule has 0 fully saturated rings. The Bertz CT molecular complexity index is 302. The Morgan fingerprint density at radius 2 is 2.06 bits per heavy atom. The highest BCUT2D eigenvalue weighted by Gasteiger charge is 2.00. The van der Waals surface area contributed by atoms with Gasteiger partial charge in [-0.2, -0.15) is 0 Å². The molecule has 90 valence electrons. The van der Waals surface area contributed by atoms with Crippen molar-refractivity contribution in [2.24, 2.45) is 5.92 Å². The molecule has 0 atom stereocenters. The van der Waals surface area contributed by atoms with Gasteiger partial charge in [0.2, 0.25) is 0 Å². The van der Waals surface area contributed by atoms with Crippen molar-refractivity contribution in [3.05, 3.63) is 30.1 Å². The van der Waals surface area contributed by atoms with Crippen molar-refractivity contribution in [2.45, 2.75) is 20.3 Å². The molecule has 0 bridgehead atoms. The minimum atomic E-state index is -0.294. The lowest BCUT2D eigenvalue weighted by molar-refractivity contribution is 0.292. The Balaban J connectivity index is 2.10. The van der Waals surface area contributed by atoms with Crippen molar-refractivity contribution in [3.63, 3.8) is 0 Å². The van der Waals surface area contributed by atoms with Gasteiger partial charge >= 0.3 is 0 Å². The van der Waals surface area contributed by atoms with Gasteiger partial charge in [0.05, 0.1) is 6.61 Å². The molecule has 0 heterocycles. The first-order valence-corrected chi connectivity index (χ1v) is 5.78. The summed E-state index contributed by atoms with van der Waals surface area (Å²) < 4.78 is 18.5. The van der Waals surface area contributed by atoms with Gasteiger partial charge in [-0.05, 0) is 37.6 Å². The first kappa shape index (κ1) is 13.0. The van der Waals surface area contributed by atoms with Gasteiger partial charge < -0.3 is 10.1 Å². The molecular weight excluding hydrogens is 205 g/mol. The predicted molar refractivity (Wildman–Crippen MR) is 64.2 cm³/mol. The molecule has 0 radical (unpaired) electrons. The summed E-state index contributed by atoms with van der Waals surface area (Å²) in [7, 11) is 0. The Labute approximate surface area is 96.8 Å². The van der Waals surface area contributed by atoms with Gasteiger partial charge in [-0.15, -0.1) is 0 Å². The Morgan fingerprint density at radius 1 is 1.31 bits per heavy atom. The third-order valence-electron chi connectivity index (χ3n) is 2.14. The highest BCUT2D eigenvalue weighted by molar-refractivity contribution is 5.23. The third-order valence-corrected chi connectivity index (χ3v) is 2.14. The molecule has 0 spiro atoms. The van der Waals surface area contributed by atoms with E-state index in [9.17, 15) is 4.39 Å². The van der Waals surface area contributed by atoms with Gasteiger partial charge in [0.15, 0.2) is 11.6 Å². The molecule has 2 nitrogen and oxygen atoms in total. The van der Waals surface area contributed by atoms with Crippen LogP contribution in [0.15, 0.2) is 24.3 Å². The average molecular weight is 225 g/mol. The summed E-state index contributed by atoms with van der Waals surface area (Å²) in [4.78, 5) is 0. The van der Waals surface area contributed by atoms with Crippen molar-refractivity contribution in [3.8, 4) is 5.75 Å². The molecule has 0 aromatic heterocycles. The lowest BCUT2D eigenvalue weighted by Gasteiger charge is -2.09. The summed E-state index contributed by atoms with van der Waals surface area (Å²) in [6.45, 7) is 6.81. The minimum Gasteiger partial charge on any atom is -0.490 e. The number of rotatable bonds is 7. The second-order valence-corrected chi connectivity index (χ2v) is 4.23. The van der Waals surface area contributed by atoms with E-state index in [-0.39, 0.29) is 5.82 Å². The molecule has 0 saturated carbocycles. The third kappa shape index (κ3) is 5.12. The van der Waals surface area contributed by atoms with Crippen LogP contribution in [0, 0.1) is 11.7 Å². The molecule has 3 heteroatoms. The summed E-state index contributed by atoms with van der Waals surface area (Å²) in [5, 5.41) is 3.31. The highest BCUT2D eigenvalue weighted by atomic mass is 19.1. The van der Waals surface area contributed by atoms with Crippen LogP contribution in [-0.2, 0) is 0 Å². The SMILES string of the molecule is CC(C)CNCCCOc1ccccc1F. The van der Waals surface area contributed by atoms with Crippen LogP contribution in [0.25, 0.3) is 0 Å². The molecule has 0 aliphatic carbocycles. The zero-order valence-electron chi connectivity index (χ0n) is 10.0. The van der Waals surface area contributed by atoms with Crippen LogP contribution in [0.1, 0.15) is 20.3 Å². The summed E-state index contributed by atoms with van der Waals surface area (Å²) in [6, 6.07) is 6.49. The number of ether oxygens (including phenoxy) is 1. The fourth-order valence-electron chi connectivity index (χ4n) is 1.33. The van der Waals surface area contributed by atoms with Gasteiger partial charge in [0, 0.05) is 0 Å². The summed E-state index contributed by atoms with van der Waals surface area (Å²) in [5.41, 5.74) is 0. The van der Waals surface area contributed by atoms with Crippen LogP contribution in [0.4, 0.5) is 4.39 Å². The lowest BCUT2D eigenvalue weighted by atomic mass is 10.2. The normalized spacial score (nSPS) is 10.8. The van der Waals surface area contributed by atoms with E-state index in [4.69, 9.17) is 4.74 Å². The van der Waals surface area contributed by atoms with Crippen LogP contribution in [-0.4, -0.2) is 19.7 Å². The number of benzene rings is 1. The zero-order chi connectivity index (χ0) is 11.8. The van der Waals surface area contributed by atoms with E-state index in [2.05, 4.69) is 19.2 Å². The molecule has 0 aliphatic heterocycles. The molecule has 1 aromatic carbocycles. The number of hydrogen-bond donors (Lipinski definition) is 1. The minimum absolute atomic E-state index is 0.294. The second kappa shape index (κ2) is 7.23. The van der Waals surface area contributed by atoms with Crippen LogP contribution < -0.4 is 10.1 Å². The zero-order valence-corrected chi connectivity index (χ0v) is 10.0. The topological polar surface area (TPSA) is 21.3 Å². The van der Waals surface area contributed by atoms with E-state index in [1.807, 2.05) is 0 Å². The number of halogens is 1. The van der Waals surface area contributed by atoms with Crippen LogP contribution in [0.3, 0.4) is 0 Å². The monoisotopic (exact) mass is 225 g/mol. The number of para-hydroxylation sites is 1. The molecule has 0 aliphatic rings. The maximum Gasteiger partial charge on any atom is 0.165 e. The molecule has 1 aromatic rings. The molecule has 16 heavy (non-hydrogen) atoms. The Hall–Kier alpha value is -1.09. The predicted octanol–water partition coefficient (Wildman–Crippen LogP) is 2.84. The number of nitrogens with one attached hydrogen (secondary N) is 1. The van der Waals surface area contributed by atoms with Crippen molar-refractivity contribution < 1.29 is 9.13 Å². The molecule has 1 N–H and O–H groups in total. The van der Waals surface area contributed by atoms with Gasteiger partial charge in [-0.1, -0.05) is 26.0 Å². The fraction of sp³-hybridized carbons (Fsp3) is 0.538. The summed E-state index contributed by atoms with van der Waals surface area (Å²) in [6.07, 6.45) is 0.890. The molecule has 0 unspecified atom stereocenters. The van der Waals surface area contributed by atoms with E-state index >= 15 is 0 Å². The summed E-state index contributed by atoms with van der Waals surface area (Å²) in [5.74, 6) is 0.705. The first-order valence-electron chi connectivity index (χ1n) is 5.78. The average Bonchev–Trinajstić information content (AvgIpc) is 2.25. The smallest absolute Gasteiger partial charge is 0.165 e. The Kier molecular flexibility index (Phi) is 5.86. The van der Waals surface area contributed by atoms with E-state index in [1.54, 1.807) is 18.2 Å². The van der Waals surface area contributed by atoms with Crippen molar-refractivity contribution in [2.75, 3.05) is 19.7 Å². The standard InChI is InChI=1S/C13H20FNO/c1-11(2)10-15-8-5-9-16-13-7-4-3-6-12(13)14/h3-4,6-7,11,15H,5,8-10H2,1-2H3. The summed E-state index contributed by atoms with van der Waals surface area (Å²) >= 11 is 0. The van der Waals surface area contributed by atoms with Crippen LogP contribution in [0.5, 0.6) is 5.75 Å². The second-order valence-electron chi connectivity index (χ2n) is 4.23. The first-order chi connectivity index (χ1) is 7.70. The lowest BCUT2D eigenvalue weighted by Crippen LogP contribution is -2.22. The maximum atomic E-state index is 13.1. The van der Waals surface area contributed by atoms with Crippen molar-refractivity contribution >= 4 is 0 Å².